The third-order valence-electron chi connectivity index (χ3n) is 2.99. The van der Waals surface area contributed by atoms with Gasteiger partial charge in [-0.3, -0.25) is 14.4 Å². The lowest BCUT2D eigenvalue weighted by Gasteiger charge is -2.10. The summed E-state index contributed by atoms with van der Waals surface area (Å²) < 4.78 is 0. The fourth-order valence-corrected chi connectivity index (χ4v) is 1.82. The molecule has 0 radical (unpaired) electrons. The number of pyridine rings is 1. The molecule has 20 heavy (non-hydrogen) atoms. The first kappa shape index (κ1) is 13.8. The van der Waals surface area contributed by atoms with Crippen molar-refractivity contribution in [2.75, 3.05) is 6.54 Å². The van der Waals surface area contributed by atoms with Crippen LogP contribution in [0.4, 0.5) is 0 Å². The second-order valence-corrected chi connectivity index (χ2v) is 4.54. The van der Waals surface area contributed by atoms with E-state index in [4.69, 9.17) is 5.11 Å². The van der Waals surface area contributed by atoms with Gasteiger partial charge in [-0.2, -0.15) is 0 Å². The molecule has 1 aromatic carbocycles. The Morgan fingerprint density at radius 1 is 1.35 bits per heavy atom. The summed E-state index contributed by atoms with van der Waals surface area (Å²) in [6, 6.07) is 8.15. The third kappa shape index (κ3) is 2.85. The zero-order valence-electron chi connectivity index (χ0n) is 10.8. The van der Waals surface area contributed by atoms with E-state index in [2.05, 4.69) is 10.3 Å². The number of hydrogen-bond acceptors (Lipinski definition) is 3. The van der Waals surface area contributed by atoms with E-state index >= 15 is 0 Å². The molecule has 1 aromatic heterocycles. The molecule has 0 fully saturated rings. The van der Waals surface area contributed by atoms with Crippen molar-refractivity contribution < 1.29 is 14.7 Å². The van der Waals surface area contributed by atoms with Crippen molar-refractivity contribution in [3.05, 3.63) is 46.2 Å². The minimum absolute atomic E-state index is 0.00922. The fourth-order valence-electron chi connectivity index (χ4n) is 1.82. The molecule has 0 aliphatic rings. The summed E-state index contributed by atoms with van der Waals surface area (Å²) in [5.41, 5.74) is 0.429. The summed E-state index contributed by atoms with van der Waals surface area (Å²) in [5.74, 6) is -2.13. The van der Waals surface area contributed by atoms with Gasteiger partial charge < -0.3 is 15.4 Å². The first-order chi connectivity index (χ1) is 9.49. The molecule has 2 aromatic rings. The van der Waals surface area contributed by atoms with E-state index in [1.807, 2.05) is 0 Å². The number of nitrogens with one attached hydrogen (secondary N) is 2. The molecule has 1 amide bonds. The highest BCUT2D eigenvalue weighted by Gasteiger charge is 2.15. The van der Waals surface area contributed by atoms with Crippen LogP contribution in [0.15, 0.2) is 35.1 Å². The first-order valence-electron chi connectivity index (χ1n) is 6.12. The molecule has 1 heterocycles. The summed E-state index contributed by atoms with van der Waals surface area (Å²) in [6.07, 6.45) is 0. The van der Waals surface area contributed by atoms with Crippen LogP contribution in [0, 0.1) is 5.92 Å². The van der Waals surface area contributed by atoms with Gasteiger partial charge in [0, 0.05) is 23.5 Å². The number of aromatic nitrogens is 1. The predicted molar refractivity (Wildman–Crippen MR) is 73.7 cm³/mol. The number of rotatable bonds is 4. The van der Waals surface area contributed by atoms with Gasteiger partial charge in [-0.25, -0.2) is 0 Å². The van der Waals surface area contributed by atoms with Crippen LogP contribution in [0.25, 0.3) is 10.9 Å². The minimum Gasteiger partial charge on any atom is -0.481 e. The first-order valence-corrected chi connectivity index (χ1v) is 6.12. The quantitative estimate of drug-likeness (QED) is 0.773. The molecule has 0 saturated carbocycles. The average Bonchev–Trinajstić information content (AvgIpc) is 2.43. The number of hydrogen-bond donors (Lipinski definition) is 3. The monoisotopic (exact) mass is 274 g/mol. The predicted octanol–water partition coefficient (Wildman–Crippen LogP) is 0.979. The largest absolute Gasteiger partial charge is 0.481 e. The highest BCUT2D eigenvalue weighted by Crippen LogP contribution is 2.14. The fraction of sp³-hybridized carbons (Fsp3) is 0.214. The highest BCUT2D eigenvalue weighted by atomic mass is 16.4. The standard InChI is InChI=1S/C14H14N2O4/c1-8(14(19)20)7-15-13(18)10-6-12(17)16-11-5-3-2-4-9(10)11/h2-6,8H,7H2,1H3,(H,15,18)(H,16,17)(H,19,20). The SMILES string of the molecule is CC(CNC(=O)c1cc(=O)[nH]c2ccccc12)C(=O)O. The highest BCUT2D eigenvalue weighted by molar-refractivity contribution is 6.06. The Hall–Kier alpha value is -2.63. The summed E-state index contributed by atoms with van der Waals surface area (Å²) in [6.45, 7) is 1.51. The number of carbonyl (C=O) groups excluding carboxylic acids is 1. The van der Waals surface area contributed by atoms with E-state index in [1.165, 1.54) is 13.0 Å². The lowest BCUT2D eigenvalue weighted by Crippen LogP contribution is -2.32. The normalized spacial score (nSPS) is 12.1. The van der Waals surface area contributed by atoms with Crippen LogP contribution in [-0.4, -0.2) is 28.5 Å². The molecule has 1 unspecified atom stereocenters. The van der Waals surface area contributed by atoms with Crippen LogP contribution < -0.4 is 10.9 Å². The van der Waals surface area contributed by atoms with E-state index in [-0.39, 0.29) is 17.7 Å². The molecule has 0 aliphatic carbocycles. The van der Waals surface area contributed by atoms with Crippen molar-refractivity contribution in [1.29, 1.82) is 0 Å². The molecule has 6 nitrogen and oxygen atoms in total. The third-order valence-corrected chi connectivity index (χ3v) is 2.99. The topological polar surface area (TPSA) is 99.3 Å². The van der Waals surface area contributed by atoms with E-state index in [0.29, 0.717) is 10.9 Å². The van der Waals surface area contributed by atoms with Crippen molar-refractivity contribution in [3.8, 4) is 0 Å². The number of benzene rings is 1. The van der Waals surface area contributed by atoms with Crippen LogP contribution in [-0.2, 0) is 4.79 Å². The molecule has 104 valence electrons. The van der Waals surface area contributed by atoms with Crippen LogP contribution in [0.5, 0.6) is 0 Å². The number of para-hydroxylation sites is 1. The average molecular weight is 274 g/mol. The van der Waals surface area contributed by atoms with Gasteiger partial charge in [0.15, 0.2) is 0 Å². The van der Waals surface area contributed by atoms with Crippen molar-refractivity contribution in [2.24, 2.45) is 5.92 Å². The van der Waals surface area contributed by atoms with Crippen LogP contribution in [0.2, 0.25) is 0 Å². The summed E-state index contributed by atoms with van der Waals surface area (Å²) in [5, 5.41) is 11.9. The number of carbonyl (C=O) groups is 2. The minimum atomic E-state index is -0.985. The van der Waals surface area contributed by atoms with E-state index in [0.717, 1.165) is 0 Å². The Morgan fingerprint density at radius 3 is 2.75 bits per heavy atom. The van der Waals surface area contributed by atoms with E-state index < -0.39 is 17.8 Å². The number of carboxylic acid groups (broad SMARTS) is 1. The van der Waals surface area contributed by atoms with Gasteiger partial charge >= 0.3 is 5.97 Å². The molecule has 3 N–H and O–H groups in total. The molecule has 0 aliphatic heterocycles. The smallest absolute Gasteiger partial charge is 0.308 e. The molecule has 6 heteroatoms. The van der Waals surface area contributed by atoms with Gasteiger partial charge in [-0.15, -0.1) is 0 Å². The van der Waals surface area contributed by atoms with Gasteiger partial charge in [-0.1, -0.05) is 25.1 Å². The van der Waals surface area contributed by atoms with Gasteiger partial charge in [0.25, 0.3) is 5.91 Å². The second kappa shape index (κ2) is 5.56. The summed E-state index contributed by atoms with van der Waals surface area (Å²) in [7, 11) is 0. The molecule has 0 saturated heterocycles. The number of fused-ring (bicyclic) bond motifs is 1. The molecule has 1 atom stereocenters. The van der Waals surface area contributed by atoms with Crippen LogP contribution in [0.3, 0.4) is 0 Å². The summed E-state index contributed by atoms with van der Waals surface area (Å²) >= 11 is 0. The maximum absolute atomic E-state index is 12.1. The maximum atomic E-state index is 12.1. The van der Waals surface area contributed by atoms with Crippen molar-refractivity contribution in [1.82, 2.24) is 10.3 Å². The number of aliphatic carboxylic acids is 1. The Labute approximate surface area is 114 Å². The Morgan fingerprint density at radius 2 is 2.05 bits per heavy atom. The number of aromatic amines is 1. The van der Waals surface area contributed by atoms with Gasteiger partial charge in [0.1, 0.15) is 0 Å². The zero-order chi connectivity index (χ0) is 14.7. The molecule has 2 rings (SSSR count). The molecular weight excluding hydrogens is 260 g/mol. The Bertz CT molecular complexity index is 720. The lowest BCUT2D eigenvalue weighted by atomic mass is 10.1. The van der Waals surface area contributed by atoms with Crippen molar-refractivity contribution in [2.45, 2.75) is 6.92 Å². The Balaban J connectivity index is 2.30. The van der Waals surface area contributed by atoms with E-state index in [1.54, 1.807) is 24.3 Å². The van der Waals surface area contributed by atoms with Crippen LogP contribution >= 0.6 is 0 Å². The number of H-pyrrole nitrogens is 1. The van der Waals surface area contributed by atoms with Gasteiger partial charge in [0.2, 0.25) is 5.56 Å². The van der Waals surface area contributed by atoms with Crippen molar-refractivity contribution in [3.63, 3.8) is 0 Å². The lowest BCUT2D eigenvalue weighted by molar-refractivity contribution is -0.140. The van der Waals surface area contributed by atoms with E-state index in [9.17, 15) is 14.4 Å². The zero-order valence-corrected chi connectivity index (χ0v) is 10.8. The van der Waals surface area contributed by atoms with Gasteiger partial charge in [-0.05, 0) is 6.07 Å². The number of amides is 1. The molecular formula is C14H14N2O4. The van der Waals surface area contributed by atoms with Crippen molar-refractivity contribution >= 4 is 22.8 Å². The summed E-state index contributed by atoms with van der Waals surface area (Å²) in [4.78, 5) is 37.0. The molecule has 0 bridgehead atoms. The molecule has 0 spiro atoms. The second-order valence-electron chi connectivity index (χ2n) is 4.54. The van der Waals surface area contributed by atoms with Gasteiger partial charge in [0.05, 0.1) is 11.5 Å². The number of carboxylic acids is 1. The Kier molecular flexibility index (Phi) is 3.84. The van der Waals surface area contributed by atoms with Crippen LogP contribution in [0.1, 0.15) is 17.3 Å². The maximum Gasteiger partial charge on any atom is 0.308 e.